The van der Waals surface area contributed by atoms with Crippen molar-refractivity contribution < 1.29 is 23.5 Å². The number of rotatable bonds is 7. The Bertz CT molecular complexity index is 1420. The highest BCUT2D eigenvalue weighted by Gasteiger charge is 2.30. The molecular formula is C25H21FN4O4S. The van der Waals surface area contributed by atoms with Crippen molar-refractivity contribution >= 4 is 50.0 Å². The Labute approximate surface area is 204 Å². The van der Waals surface area contributed by atoms with Crippen molar-refractivity contribution in [1.82, 2.24) is 4.98 Å². The number of halogens is 1. The average Bonchev–Trinajstić information content (AvgIpc) is 3.62. The Morgan fingerprint density at radius 2 is 1.77 bits per heavy atom. The molecule has 1 saturated carbocycles. The summed E-state index contributed by atoms with van der Waals surface area (Å²) in [6, 6.07) is 15.6. The highest BCUT2D eigenvalue weighted by molar-refractivity contribution is 7.22. The van der Waals surface area contributed by atoms with Crippen LogP contribution in [0, 0.1) is 11.7 Å². The summed E-state index contributed by atoms with van der Waals surface area (Å²) in [5.74, 6) is 0.933. The van der Waals surface area contributed by atoms with Gasteiger partial charge in [-0.05, 0) is 49.2 Å². The van der Waals surface area contributed by atoms with Crippen LogP contribution in [-0.2, 0) is 4.79 Å². The predicted molar refractivity (Wildman–Crippen MR) is 133 cm³/mol. The summed E-state index contributed by atoms with van der Waals surface area (Å²) in [5.41, 5.74) is 1.20. The quantitative estimate of drug-likeness (QED) is 0.284. The summed E-state index contributed by atoms with van der Waals surface area (Å²) in [4.78, 5) is 28.8. The Morgan fingerprint density at radius 1 is 0.971 bits per heavy atom. The van der Waals surface area contributed by atoms with Crippen molar-refractivity contribution in [1.29, 1.82) is 0 Å². The summed E-state index contributed by atoms with van der Waals surface area (Å²) in [6.45, 7) is 0. The van der Waals surface area contributed by atoms with E-state index in [0.717, 1.165) is 23.1 Å². The van der Waals surface area contributed by atoms with Crippen molar-refractivity contribution in [3.05, 3.63) is 66.5 Å². The molecule has 0 radical (unpaired) electrons. The summed E-state index contributed by atoms with van der Waals surface area (Å²) in [5, 5.41) is 8.53. The maximum atomic E-state index is 14.3. The van der Waals surface area contributed by atoms with Crippen LogP contribution in [0.15, 0.2) is 60.7 Å². The molecule has 35 heavy (non-hydrogen) atoms. The minimum Gasteiger partial charge on any atom is -0.497 e. The van der Waals surface area contributed by atoms with Gasteiger partial charge in [0.05, 0.1) is 23.0 Å². The van der Waals surface area contributed by atoms with Crippen LogP contribution in [0.25, 0.3) is 10.2 Å². The lowest BCUT2D eigenvalue weighted by Gasteiger charge is -2.11. The van der Waals surface area contributed by atoms with Gasteiger partial charge in [-0.2, -0.15) is 0 Å². The van der Waals surface area contributed by atoms with Crippen LogP contribution < -0.4 is 25.4 Å². The maximum Gasteiger partial charge on any atom is 0.323 e. The summed E-state index contributed by atoms with van der Waals surface area (Å²) in [6.07, 6.45) is 1.85. The Balaban J connectivity index is 1.27. The van der Waals surface area contributed by atoms with Crippen molar-refractivity contribution in [3.63, 3.8) is 0 Å². The molecule has 0 bridgehead atoms. The zero-order valence-corrected chi connectivity index (χ0v) is 19.4. The molecule has 178 valence electrons. The number of benzene rings is 3. The summed E-state index contributed by atoms with van der Waals surface area (Å²) >= 11 is 1.36. The first kappa shape index (κ1) is 22.6. The van der Waals surface area contributed by atoms with Gasteiger partial charge in [0.15, 0.2) is 5.13 Å². The molecule has 0 atom stereocenters. The number of ether oxygens (including phenoxy) is 2. The largest absolute Gasteiger partial charge is 0.497 e. The van der Waals surface area contributed by atoms with Crippen molar-refractivity contribution in [2.75, 3.05) is 23.1 Å². The van der Waals surface area contributed by atoms with Crippen LogP contribution in [0.2, 0.25) is 0 Å². The second kappa shape index (κ2) is 9.59. The predicted octanol–water partition coefficient (Wildman–Crippen LogP) is 6.23. The molecule has 4 aromatic rings. The van der Waals surface area contributed by atoms with E-state index in [0.29, 0.717) is 28.1 Å². The van der Waals surface area contributed by atoms with E-state index in [1.807, 2.05) is 0 Å². The first-order valence-corrected chi connectivity index (χ1v) is 11.7. The number of nitrogens with zero attached hydrogens (tertiary/aromatic N) is 1. The van der Waals surface area contributed by atoms with Gasteiger partial charge in [0, 0.05) is 29.8 Å². The Morgan fingerprint density at radius 3 is 2.57 bits per heavy atom. The number of anilines is 3. The van der Waals surface area contributed by atoms with Crippen LogP contribution in [0.4, 0.5) is 25.7 Å². The van der Waals surface area contributed by atoms with Crippen LogP contribution in [-0.4, -0.2) is 24.0 Å². The number of fused-ring (bicyclic) bond motifs is 1. The number of amides is 3. The zero-order valence-electron chi connectivity index (χ0n) is 18.6. The maximum absolute atomic E-state index is 14.3. The zero-order chi connectivity index (χ0) is 24.4. The number of hydrogen-bond acceptors (Lipinski definition) is 6. The topological polar surface area (TPSA) is 102 Å². The number of hydrogen-bond donors (Lipinski definition) is 3. The second-order valence-corrected chi connectivity index (χ2v) is 9.00. The monoisotopic (exact) mass is 492 g/mol. The minimum atomic E-state index is -0.610. The number of urea groups is 1. The molecule has 3 amide bonds. The summed E-state index contributed by atoms with van der Waals surface area (Å²) < 4.78 is 26.2. The van der Waals surface area contributed by atoms with E-state index in [4.69, 9.17) is 9.47 Å². The van der Waals surface area contributed by atoms with Gasteiger partial charge in [-0.1, -0.05) is 17.4 Å². The number of aromatic nitrogens is 1. The molecule has 8 nitrogen and oxygen atoms in total. The molecule has 0 spiro atoms. The van der Waals surface area contributed by atoms with E-state index in [1.165, 1.54) is 36.6 Å². The van der Waals surface area contributed by atoms with Crippen LogP contribution in [0.1, 0.15) is 12.8 Å². The van der Waals surface area contributed by atoms with Crippen LogP contribution in [0.3, 0.4) is 0 Å². The van der Waals surface area contributed by atoms with Gasteiger partial charge in [-0.25, -0.2) is 14.2 Å². The van der Waals surface area contributed by atoms with Crippen molar-refractivity contribution in [2.24, 2.45) is 5.92 Å². The van der Waals surface area contributed by atoms with E-state index >= 15 is 0 Å². The van der Waals surface area contributed by atoms with Crippen molar-refractivity contribution in [2.45, 2.75) is 12.8 Å². The van der Waals surface area contributed by atoms with Gasteiger partial charge >= 0.3 is 6.03 Å². The van der Waals surface area contributed by atoms with Crippen molar-refractivity contribution in [3.8, 4) is 17.2 Å². The molecule has 5 rings (SSSR count). The molecule has 1 aliphatic carbocycles. The fourth-order valence-electron chi connectivity index (χ4n) is 3.36. The molecule has 0 unspecified atom stereocenters. The van der Waals surface area contributed by atoms with E-state index in [-0.39, 0.29) is 17.5 Å². The van der Waals surface area contributed by atoms with Gasteiger partial charge in [-0.15, -0.1) is 0 Å². The third-order valence-electron chi connectivity index (χ3n) is 5.29. The van der Waals surface area contributed by atoms with E-state index in [1.54, 1.807) is 42.5 Å². The van der Waals surface area contributed by atoms with E-state index < -0.39 is 11.8 Å². The molecule has 1 fully saturated rings. The number of carbonyl (C=O) groups excluding carboxylic acids is 2. The van der Waals surface area contributed by atoms with Gasteiger partial charge in [0.2, 0.25) is 5.91 Å². The van der Waals surface area contributed by atoms with Gasteiger partial charge in [0.25, 0.3) is 0 Å². The standard InChI is InChI=1S/C25H21FN4O4S/c1-33-16-4-2-3-15(11-16)27-24(32)28-21-12-17(7-9-19(21)26)34-18-8-10-20-22(13-18)35-25(29-20)30-23(31)14-5-6-14/h2-4,7-14H,5-6H2,1H3,(H2,27,28,32)(H,29,30,31). The lowest BCUT2D eigenvalue weighted by molar-refractivity contribution is -0.117. The molecule has 10 heteroatoms. The fraction of sp³-hybridized carbons (Fsp3) is 0.160. The first-order chi connectivity index (χ1) is 17.0. The first-order valence-electron chi connectivity index (χ1n) is 10.9. The molecule has 1 heterocycles. The highest BCUT2D eigenvalue weighted by atomic mass is 32.1. The average molecular weight is 493 g/mol. The fourth-order valence-corrected chi connectivity index (χ4v) is 4.26. The minimum absolute atomic E-state index is 0.00214. The van der Waals surface area contributed by atoms with Gasteiger partial charge in [-0.3, -0.25) is 4.79 Å². The van der Waals surface area contributed by atoms with Gasteiger partial charge in [0.1, 0.15) is 23.1 Å². The van der Waals surface area contributed by atoms with Gasteiger partial charge < -0.3 is 25.4 Å². The molecule has 3 aromatic carbocycles. The normalized spacial score (nSPS) is 12.7. The number of carbonyl (C=O) groups is 2. The number of methoxy groups -OCH3 is 1. The molecule has 1 aromatic heterocycles. The summed E-state index contributed by atoms with van der Waals surface area (Å²) in [7, 11) is 1.53. The smallest absolute Gasteiger partial charge is 0.323 e. The molecule has 0 aliphatic heterocycles. The van der Waals surface area contributed by atoms with Crippen LogP contribution in [0.5, 0.6) is 17.2 Å². The molecule has 1 aliphatic rings. The van der Waals surface area contributed by atoms with E-state index in [9.17, 15) is 14.0 Å². The van der Waals surface area contributed by atoms with E-state index in [2.05, 4.69) is 20.9 Å². The molecule has 0 saturated heterocycles. The lowest BCUT2D eigenvalue weighted by atomic mass is 10.2. The lowest BCUT2D eigenvalue weighted by Crippen LogP contribution is -2.20. The molecular weight excluding hydrogens is 471 g/mol. The van der Waals surface area contributed by atoms with Crippen LogP contribution >= 0.6 is 11.3 Å². The Kier molecular flexibility index (Phi) is 6.19. The SMILES string of the molecule is COc1cccc(NC(=O)Nc2cc(Oc3ccc4nc(NC(=O)C5CC5)sc4c3)ccc2F)c1. The molecule has 3 N–H and O–H groups in total. The number of thiazole rings is 1. The number of nitrogens with one attached hydrogen (secondary N) is 3. The second-order valence-electron chi connectivity index (χ2n) is 7.97. The Hall–Kier alpha value is -4.18. The third-order valence-corrected chi connectivity index (χ3v) is 6.22. The third kappa shape index (κ3) is 5.49. The highest BCUT2D eigenvalue weighted by Crippen LogP contribution is 2.34.